The van der Waals surface area contributed by atoms with Gasteiger partial charge >= 0.3 is 0 Å². The number of rotatable bonds is 5. The molecule has 0 radical (unpaired) electrons. The topological polar surface area (TPSA) is 26.7 Å². The molecule has 106 valence electrons. The zero-order chi connectivity index (χ0) is 13.8. The third kappa shape index (κ3) is 3.56. The van der Waals surface area contributed by atoms with Crippen LogP contribution in [-0.2, 0) is 13.0 Å². The van der Waals surface area contributed by atoms with Gasteiger partial charge in [0.05, 0.1) is 6.61 Å². The molecule has 1 fully saturated rings. The van der Waals surface area contributed by atoms with E-state index in [-0.39, 0.29) is 6.61 Å². The second-order valence-electron chi connectivity index (χ2n) is 5.79. The lowest BCUT2D eigenvalue weighted by molar-refractivity contribution is 0.153. The fourth-order valence-electron chi connectivity index (χ4n) is 2.83. The van der Waals surface area contributed by atoms with Crippen LogP contribution in [-0.4, -0.2) is 54.2 Å². The van der Waals surface area contributed by atoms with Gasteiger partial charge in [0.2, 0.25) is 0 Å². The van der Waals surface area contributed by atoms with Crippen molar-refractivity contribution < 1.29 is 5.11 Å². The molecular formula is C16H26N2O. The van der Waals surface area contributed by atoms with Gasteiger partial charge in [-0.1, -0.05) is 31.2 Å². The summed E-state index contributed by atoms with van der Waals surface area (Å²) in [7, 11) is 4.25. The maximum Gasteiger partial charge on any atom is 0.0587 e. The van der Waals surface area contributed by atoms with Gasteiger partial charge in [0, 0.05) is 25.2 Å². The van der Waals surface area contributed by atoms with Crippen LogP contribution in [0, 0.1) is 0 Å². The van der Waals surface area contributed by atoms with Crippen molar-refractivity contribution in [3.8, 4) is 0 Å². The first kappa shape index (κ1) is 14.5. The molecule has 2 rings (SSSR count). The Labute approximate surface area is 116 Å². The van der Waals surface area contributed by atoms with Crippen molar-refractivity contribution >= 4 is 0 Å². The number of hydrogen-bond donors (Lipinski definition) is 1. The first-order valence-corrected chi connectivity index (χ1v) is 7.23. The Hall–Kier alpha value is -0.900. The van der Waals surface area contributed by atoms with Crippen LogP contribution in [0.1, 0.15) is 24.5 Å². The summed E-state index contributed by atoms with van der Waals surface area (Å²) < 4.78 is 0. The van der Waals surface area contributed by atoms with E-state index < -0.39 is 0 Å². The molecule has 0 bridgehead atoms. The lowest BCUT2D eigenvalue weighted by atomic mass is 10.1. The number of aliphatic hydroxyl groups is 1. The third-order valence-electron chi connectivity index (χ3n) is 4.26. The largest absolute Gasteiger partial charge is 0.395 e. The first-order chi connectivity index (χ1) is 9.13. The highest BCUT2D eigenvalue weighted by molar-refractivity contribution is 5.22. The fraction of sp³-hybridized carbons (Fsp3) is 0.625. The van der Waals surface area contributed by atoms with Crippen molar-refractivity contribution in [1.29, 1.82) is 0 Å². The lowest BCUT2D eigenvalue weighted by Gasteiger charge is -2.23. The Morgan fingerprint density at radius 2 is 1.84 bits per heavy atom. The smallest absolute Gasteiger partial charge is 0.0587 e. The molecular weight excluding hydrogens is 236 g/mol. The number of aliphatic hydroxyl groups excluding tert-OH is 1. The molecule has 3 heteroatoms. The van der Waals surface area contributed by atoms with Crippen LogP contribution < -0.4 is 0 Å². The molecule has 0 aromatic heterocycles. The van der Waals surface area contributed by atoms with Crippen LogP contribution in [0.15, 0.2) is 24.3 Å². The average Bonchev–Trinajstić information content (AvgIpc) is 2.83. The van der Waals surface area contributed by atoms with Gasteiger partial charge in [-0.15, -0.1) is 0 Å². The van der Waals surface area contributed by atoms with Crippen LogP contribution in [0.25, 0.3) is 0 Å². The molecule has 1 aliphatic rings. The zero-order valence-electron chi connectivity index (χ0n) is 12.3. The van der Waals surface area contributed by atoms with Crippen LogP contribution in [0.5, 0.6) is 0 Å². The monoisotopic (exact) mass is 262 g/mol. The van der Waals surface area contributed by atoms with Gasteiger partial charge in [-0.25, -0.2) is 0 Å². The molecule has 1 heterocycles. The third-order valence-corrected chi connectivity index (χ3v) is 4.26. The van der Waals surface area contributed by atoms with E-state index in [1.165, 1.54) is 11.1 Å². The molecule has 1 N–H and O–H groups in total. The van der Waals surface area contributed by atoms with Crippen molar-refractivity contribution in [2.45, 2.75) is 38.4 Å². The molecule has 0 aliphatic carbocycles. The highest BCUT2D eigenvalue weighted by atomic mass is 16.3. The number of nitrogens with zero attached hydrogens (tertiary/aromatic N) is 2. The van der Waals surface area contributed by atoms with E-state index in [1.54, 1.807) is 0 Å². The van der Waals surface area contributed by atoms with Crippen LogP contribution in [0.2, 0.25) is 0 Å². The Bertz CT molecular complexity index is 388. The van der Waals surface area contributed by atoms with E-state index >= 15 is 0 Å². The van der Waals surface area contributed by atoms with E-state index in [9.17, 15) is 5.11 Å². The van der Waals surface area contributed by atoms with Crippen LogP contribution in [0.3, 0.4) is 0 Å². The number of aryl methyl sites for hydroxylation is 1. The summed E-state index contributed by atoms with van der Waals surface area (Å²) in [5.41, 5.74) is 2.73. The standard InChI is InChI=1S/C16H26N2O/c1-4-13-5-7-14(8-6-13)10-18-11-15(17(2)3)9-16(18)12-19/h5-8,15-16,19H,4,9-12H2,1-3H3/t15-,16+/m1/s1. The molecule has 2 atom stereocenters. The lowest BCUT2D eigenvalue weighted by Crippen LogP contribution is -2.33. The summed E-state index contributed by atoms with van der Waals surface area (Å²) in [6, 6.07) is 9.73. The van der Waals surface area contributed by atoms with Gasteiger partial charge in [-0.2, -0.15) is 0 Å². The molecule has 3 nitrogen and oxygen atoms in total. The minimum absolute atomic E-state index is 0.261. The van der Waals surface area contributed by atoms with E-state index in [1.807, 2.05) is 0 Å². The van der Waals surface area contributed by atoms with Crippen molar-refractivity contribution in [3.05, 3.63) is 35.4 Å². The van der Waals surface area contributed by atoms with Gasteiger partial charge in [0.15, 0.2) is 0 Å². The Morgan fingerprint density at radius 3 is 2.37 bits per heavy atom. The molecule has 1 aromatic rings. The summed E-state index contributed by atoms with van der Waals surface area (Å²) in [4.78, 5) is 4.68. The fourth-order valence-corrected chi connectivity index (χ4v) is 2.83. The van der Waals surface area contributed by atoms with E-state index in [0.717, 1.165) is 25.9 Å². The Balaban J connectivity index is 2.00. The zero-order valence-corrected chi connectivity index (χ0v) is 12.3. The molecule has 19 heavy (non-hydrogen) atoms. The summed E-state index contributed by atoms with van der Waals surface area (Å²) >= 11 is 0. The minimum atomic E-state index is 0.261. The van der Waals surface area contributed by atoms with Gasteiger partial charge in [0.25, 0.3) is 0 Å². The summed E-state index contributed by atoms with van der Waals surface area (Å²) in [6.07, 6.45) is 2.16. The van der Waals surface area contributed by atoms with Crippen molar-refractivity contribution in [1.82, 2.24) is 9.80 Å². The van der Waals surface area contributed by atoms with Crippen LogP contribution in [0.4, 0.5) is 0 Å². The van der Waals surface area contributed by atoms with Gasteiger partial charge in [-0.3, -0.25) is 4.90 Å². The van der Waals surface area contributed by atoms with Crippen molar-refractivity contribution in [3.63, 3.8) is 0 Å². The summed E-state index contributed by atoms with van der Waals surface area (Å²) in [5, 5.41) is 9.54. The Kier molecular flexibility index (Phi) is 4.97. The maximum absolute atomic E-state index is 9.54. The quantitative estimate of drug-likeness (QED) is 0.876. The van der Waals surface area contributed by atoms with Gasteiger partial charge < -0.3 is 10.0 Å². The number of hydrogen-bond acceptors (Lipinski definition) is 3. The number of likely N-dealkylation sites (N-methyl/N-ethyl adjacent to an activating group) is 1. The molecule has 0 spiro atoms. The second kappa shape index (κ2) is 6.51. The van der Waals surface area contributed by atoms with Crippen molar-refractivity contribution in [2.75, 3.05) is 27.2 Å². The second-order valence-corrected chi connectivity index (χ2v) is 5.79. The molecule has 0 unspecified atom stereocenters. The van der Waals surface area contributed by atoms with Gasteiger partial charge in [-0.05, 0) is 38.1 Å². The minimum Gasteiger partial charge on any atom is -0.395 e. The van der Waals surface area contributed by atoms with Crippen LogP contribution >= 0.6 is 0 Å². The first-order valence-electron chi connectivity index (χ1n) is 7.23. The predicted octanol–water partition coefficient (Wildman–Crippen LogP) is 1.75. The average molecular weight is 262 g/mol. The highest BCUT2D eigenvalue weighted by Crippen LogP contribution is 2.22. The molecule has 1 saturated heterocycles. The Morgan fingerprint density at radius 1 is 1.21 bits per heavy atom. The van der Waals surface area contributed by atoms with Crippen molar-refractivity contribution in [2.24, 2.45) is 0 Å². The number of likely N-dealkylation sites (tertiary alicyclic amines) is 1. The summed E-state index contributed by atoms with van der Waals surface area (Å²) in [5.74, 6) is 0. The normalized spacial score (nSPS) is 24.3. The molecule has 0 saturated carbocycles. The van der Waals surface area contributed by atoms with E-state index in [2.05, 4.69) is 55.1 Å². The maximum atomic E-state index is 9.54. The highest BCUT2D eigenvalue weighted by Gasteiger charge is 2.32. The SMILES string of the molecule is CCc1ccc(CN2C[C@H](N(C)C)C[C@H]2CO)cc1. The predicted molar refractivity (Wildman–Crippen MR) is 79.2 cm³/mol. The van der Waals surface area contributed by atoms with E-state index in [0.29, 0.717) is 12.1 Å². The van der Waals surface area contributed by atoms with E-state index in [4.69, 9.17) is 0 Å². The number of benzene rings is 1. The molecule has 0 amide bonds. The van der Waals surface area contributed by atoms with Gasteiger partial charge in [0.1, 0.15) is 0 Å². The molecule has 1 aromatic carbocycles. The summed E-state index contributed by atoms with van der Waals surface area (Å²) in [6.45, 7) is 4.43. The molecule has 1 aliphatic heterocycles.